The lowest BCUT2D eigenvalue weighted by atomic mass is 10.2. The van der Waals surface area contributed by atoms with E-state index in [1.165, 1.54) is 0 Å². The number of aromatic nitrogens is 1. The number of nitrogens with zero attached hydrogens (tertiary/aromatic N) is 1. The third-order valence-electron chi connectivity index (χ3n) is 3.36. The summed E-state index contributed by atoms with van der Waals surface area (Å²) in [6.07, 6.45) is 2.22. The molecule has 3 heterocycles. The van der Waals surface area contributed by atoms with Crippen molar-refractivity contribution in [3.63, 3.8) is 0 Å². The maximum atomic E-state index is 11.6. The van der Waals surface area contributed by atoms with Gasteiger partial charge < -0.3 is 19.3 Å². The topological polar surface area (TPSA) is 73.6 Å². The maximum Gasteiger partial charge on any atom is 0.246 e. The molecule has 1 N–H and O–H groups in total. The molecule has 0 bridgehead atoms. The van der Waals surface area contributed by atoms with E-state index in [-0.39, 0.29) is 25.2 Å². The molecule has 118 valence electrons. The van der Waals surface area contributed by atoms with Crippen LogP contribution in [0.4, 0.5) is 0 Å². The number of rotatable bonds is 7. The van der Waals surface area contributed by atoms with Gasteiger partial charge in [-0.2, -0.15) is 0 Å². The van der Waals surface area contributed by atoms with Crippen LogP contribution in [-0.4, -0.2) is 36.9 Å². The minimum Gasteiger partial charge on any atom is -0.376 e. The van der Waals surface area contributed by atoms with E-state index >= 15 is 0 Å². The molecule has 0 aromatic carbocycles. The largest absolute Gasteiger partial charge is 0.376 e. The third-order valence-corrected chi connectivity index (χ3v) is 4.24. The molecule has 0 spiro atoms. The Morgan fingerprint density at radius 1 is 1.55 bits per heavy atom. The molecule has 3 rings (SSSR count). The average molecular weight is 322 g/mol. The first-order chi connectivity index (χ1) is 10.8. The Morgan fingerprint density at radius 3 is 3.27 bits per heavy atom. The number of ether oxygens (including phenoxy) is 2. The molecule has 0 aliphatic carbocycles. The van der Waals surface area contributed by atoms with Gasteiger partial charge in [0.2, 0.25) is 5.91 Å². The average Bonchev–Trinajstić information content (AvgIpc) is 3.26. The summed E-state index contributed by atoms with van der Waals surface area (Å²) in [5.41, 5.74) is 0.676. The van der Waals surface area contributed by atoms with Gasteiger partial charge in [-0.1, -0.05) is 11.2 Å². The Bertz CT molecular complexity index is 590. The first-order valence-corrected chi connectivity index (χ1v) is 8.15. The van der Waals surface area contributed by atoms with Gasteiger partial charge in [-0.05, 0) is 24.3 Å². The minimum absolute atomic E-state index is 0.00785. The molecule has 2 aromatic heterocycles. The predicted octanol–water partition coefficient (Wildman–Crippen LogP) is 2.21. The summed E-state index contributed by atoms with van der Waals surface area (Å²) in [5, 5.41) is 8.72. The van der Waals surface area contributed by atoms with Gasteiger partial charge >= 0.3 is 0 Å². The van der Waals surface area contributed by atoms with E-state index < -0.39 is 0 Å². The molecule has 1 atom stereocenters. The zero-order chi connectivity index (χ0) is 15.2. The van der Waals surface area contributed by atoms with Crippen molar-refractivity contribution in [3.8, 4) is 10.6 Å². The highest BCUT2D eigenvalue weighted by Gasteiger charge is 2.16. The number of hydrogen-bond acceptors (Lipinski definition) is 6. The Morgan fingerprint density at radius 2 is 2.50 bits per heavy atom. The van der Waals surface area contributed by atoms with E-state index in [1.807, 2.05) is 23.6 Å². The summed E-state index contributed by atoms with van der Waals surface area (Å²) in [5.74, 6) is 0.578. The molecule has 22 heavy (non-hydrogen) atoms. The van der Waals surface area contributed by atoms with Crippen molar-refractivity contribution >= 4 is 17.2 Å². The Kier molecular flexibility index (Phi) is 5.20. The van der Waals surface area contributed by atoms with Gasteiger partial charge in [-0.15, -0.1) is 11.3 Å². The van der Waals surface area contributed by atoms with Crippen molar-refractivity contribution in [2.24, 2.45) is 0 Å². The van der Waals surface area contributed by atoms with E-state index in [0.717, 1.165) is 30.1 Å². The lowest BCUT2D eigenvalue weighted by molar-refractivity contribution is -0.126. The number of amides is 1. The zero-order valence-electron chi connectivity index (χ0n) is 12.1. The monoisotopic (exact) mass is 322 g/mol. The number of thiophene rings is 1. The molecule has 2 aromatic rings. The lowest BCUT2D eigenvalue weighted by Crippen LogP contribution is -2.34. The van der Waals surface area contributed by atoms with Crippen LogP contribution < -0.4 is 5.32 Å². The number of hydrogen-bond donors (Lipinski definition) is 1. The normalized spacial score (nSPS) is 17.7. The van der Waals surface area contributed by atoms with Crippen LogP contribution in [0.3, 0.4) is 0 Å². The van der Waals surface area contributed by atoms with Crippen molar-refractivity contribution < 1.29 is 18.8 Å². The van der Waals surface area contributed by atoms with E-state index in [2.05, 4.69) is 10.5 Å². The summed E-state index contributed by atoms with van der Waals surface area (Å²) in [7, 11) is 0. The van der Waals surface area contributed by atoms with Crippen molar-refractivity contribution in [2.75, 3.05) is 19.8 Å². The molecule has 1 aliphatic heterocycles. The van der Waals surface area contributed by atoms with Crippen LogP contribution in [0.2, 0.25) is 0 Å². The minimum atomic E-state index is -0.141. The summed E-state index contributed by atoms with van der Waals surface area (Å²) in [6.45, 7) is 1.60. The van der Waals surface area contributed by atoms with Gasteiger partial charge in [0.05, 0.1) is 17.6 Å². The fraction of sp³-hybridized carbons (Fsp3) is 0.467. The van der Waals surface area contributed by atoms with Crippen molar-refractivity contribution in [1.29, 1.82) is 0 Å². The summed E-state index contributed by atoms with van der Waals surface area (Å²) >= 11 is 1.59. The molecule has 1 fully saturated rings. The second-order valence-corrected chi connectivity index (χ2v) is 6.04. The van der Waals surface area contributed by atoms with E-state index in [9.17, 15) is 4.79 Å². The Hall–Kier alpha value is -1.70. The van der Waals surface area contributed by atoms with Gasteiger partial charge in [-0.25, -0.2) is 0 Å². The van der Waals surface area contributed by atoms with Crippen LogP contribution in [0, 0.1) is 0 Å². The quantitative estimate of drug-likeness (QED) is 0.846. The lowest BCUT2D eigenvalue weighted by Gasteiger charge is -2.10. The second kappa shape index (κ2) is 7.53. The maximum absolute atomic E-state index is 11.6. The van der Waals surface area contributed by atoms with Crippen LogP contribution in [0.25, 0.3) is 10.6 Å². The van der Waals surface area contributed by atoms with Crippen LogP contribution in [0.1, 0.15) is 18.5 Å². The Labute approximate surface area is 132 Å². The molecule has 6 nitrogen and oxygen atoms in total. The van der Waals surface area contributed by atoms with Gasteiger partial charge in [0.15, 0.2) is 5.76 Å². The third kappa shape index (κ3) is 4.16. The first-order valence-electron chi connectivity index (χ1n) is 7.27. The predicted molar refractivity (Wildman–Crippen MR) is 81.5 cm³/mol. The molecule has 1 unspecified atom stereocenters. The fourth-order valence-corrected chi connectivity index (χ4v) is 2.92. The van der Waals surface area contributed by atoms with Gasteiger partial charge in [0.25, 0.3) is 0 Å². The van der Waals surface area contributed by atoms with Gasteiger partial charge in [-0.3, -0.25) is 4.79 Å². The Balaban J connectivity index is 1.36. The van der Waals surface area contributed by atoms with Crippen LogP contribution in [-0.2, 0) is 20.9 Å². The van der Waals surface area contributed by atoms with Gasteiger partial charge in [0.1, 0.15) is 12.3 Å². The van der Waals surface area contributed by atoms with Crippen molar-refractivity contribution in [1.82, 2.24) is 10.5 Å². The van der Waals surface area contributed by atoms with Crippen LogP contribution >= 0.6 is 11.3 Å². The molecule has 7 heteroatoms. The standard InChI is InChI=1S/C15H18N2O4S/c18-15(16-8-12-3-1-5-20-12)10-19-9-11-7-13(21-17-11)14-4-2-6-22-14/h2,4,6-7,12H,1,3,5,8-10H2,(H,16,18). The molecular formula is C15H18N2O4S. The van der Waals surface area contributed by atoms with Crippen molar-refractivity contribution in [2.45, 2.75) is 25.6 Å². The summed E-state index contributed by atoms with van der Waals surface area (Å²) in [6, 6.07) is 5.75. The molecular weight excluding hydrogens is 304 g/mol. The zero-order valence-corrected chi connectivity index (χ0v) is 12.9. The number of carbonyl (C=O) groups is 1. The SMILES string of the molecule is O=C(COCc1cc(-c2cccs2)on1)NCC1CCCO1. The van der Waals surface area contributed by atoms with E-state index in [4.69, 9.17) is 14.0 Å². The fourth-order valence-electron chi connectivity index (χ4n) is 2.25. The van der Waals surface area contributed by atoms with E-state index in [1.54, 1.807) is 11.3 Å². The van der Waals surface area contributed by atoms with Crippen molar-refractivity contribution in [3.05, 3.63) is 29.3 Å². The highest BCUT2D eigenvalue weighted by molar-refractivity contribution is 7.13. The van der Waals surface area contributed by atoms with Crippen LogP contribution in [0.5, 0.6) is 0 Å². The first kappa shape index (κ1) is 15.2. The second-order valence-electron chi connectivity index (χ2n) is 5.09. The molecule has 0 radical (unpaired) electrons. The number of nitrogens with one attached hydrogen (secondary N) is 1. The summed E-state index contributed by atoms with van der Waals surface area (Å²) in [4.78, 5) is 12.7. The van der Waals surface area contributed by atoms with Crippen LogP contribution in [0.15, 0.2) is 28.1 Å². The molecule has 0 saturated carbocycles. The summed E-state index contributed by atoms with van der Waals surface area (Å²) < 4.78 is 16.0. The highest BCUT2D eigenvalue weighted by Crippen LogP contribution is 2.25. The molecule has 1 amide bonds. The molecule has 1 saturated heterocycles. The smallest absolute Gasteiger partial charge is 0.246 e. The highest BCUT2D eigenvalue weighted by atomic mass is 32.1. The number of carbonyl (C=O) groups excluding carboxylic acids is 1. The molecule has 1 aliphatic rings. The van der Waals surface area contributed by atoms with E-state index in [0.29, 0.717) is 12.2 Å². The van der Waals surface area contributed by atoms with Gasteiger partial charge in [0, 0.05) is 19.2 Å².